The lowest BCUT2D eigenvalue weighted by Crippen LogP contribution is -2.40. The number of ether oxygens (including phenoxy) is 3. The molecule has 1 aromatic rings. The largest absolute Gasteiger partial charge is 0.481 e. The molecule has 1 N–H and O–H groups in total. The fraction of sp³-hybridized carbons (Fsp3) is 0.533. The Morgan fingerprint density at radius 1 is 1.26 bits per heavy atom. The summed E-state index contributed by atoms with van der Waals surface area (Å²) in [6.07, 6.45) is 0.248. The van der Waals surface area contributed by atoms with Crippen LogP contribution in [0, 0.1) is 0 Å². The van der Waals surface area contributed by atoms with E-state index < -0.39 is 0 Å². The van der Waals surface area contributed by atoms with Gasteiger partial charge in [-0.1, -0.05) is 0 Å². The molecule has 0 spiro atoms. The summed E-state index contributed by atoms with van der Waals surface area (Å²) < 4.78 is 15.6. The first-order valence-electron chi connectivity index (χ1n) is 7.38. The van der Waals surface area contributed by atoms with E-state index in [1.807, 2.05) is 0 Å². The van der Waals surface area contributed by atoms with E-state index in [0.717, 1.165) is 0 Å². The molecule has 2 rings (SSSR count). The topological polar surface area (TPSA) is 90.0 Å². The zero-order chi connectivity index (χ0) is 16.7. The maximum Gasteiger partial charge on any atom is 0.259 e. The van der Waals surface area contributed by atoms with Gasteiger partial charge in [-0.15, -0.1) is 0 Å². The summed E-state index contributed by atoms with van der Waals surface area (Å²) in [4.78, 5) is 30.1. The summed E-state index contributed by atoms with van der Waals surface area (Å²) in [5.41, 5.74) is 0.325. The summed E-state index contributed by atoms with van der Waals surface area (Å²) in [7, 11) is 2.93. The first-order valence-corrected chi connectivity index (χ1v) is 7.38. The fourth-order valence-corrected chi connectivity index (χ4v) is 2.21. The van der Waals surface area contributed by atoms with Crippen LogP contribution in [0.5, 0.6) is 11.8 Å². The maximum absolute atomic E-state index is 12.7. The molecule has 0 saturated carbocycles. The van der Waals surface area contributed by atoms with Gasteiger partial charge < -0.3 is 24.4 Å². The first kappa shape index (κ1) is 17.0. The van der Waals surface area contributed by atoms with Gasteiger partial charge in [-0.3, -0.25) is 9.59 Å². The third-order valence-electron chi connectivity index (χ3n) is 3.44. The van der Waals surface area contributed by atoms with Gasteiger partial charge in [-0.2, -0.15) is 4.98 Å². The van der Waals surface area contributed by atoms with Gasteiger partial charge in [-0.25, -0.2) is 0 Å². The number of hydrogen-bond donors (Lipinski definition) is 1. The van der Waals surface area contributed by atoms with E-state index in [1.54, 1.807) is 17.0 Å². The van der Waals surface area contributed by atoms with Crippen molar-refractivity contribution in [2.75, 3.05) is 47.1 Å². The van der Waals surface area contributed by atoms with Gasteiger partial charge in [-0.05, 0) is 6.07 Å². The fourth-order valence-electron chi connectivity index (χ4n) is 2.21. The van der Waals surface area contributed by atoms with Crippen LogP contribution in [0.4, 0.5) is 0 Å². The third kappa shape index (κ3) is 4.56. The van der Waals surface area contributed by atoms with Crippen LogP contribution in [0.2, 0.25) is 0 Å². The number of aromatic nitrogens is 1. The molecule has 0 atom stereocenters. The molecule has 1 saturated heterocycles. The van der Waals surface area contributed by atoms with Gasteiger partial charge in [0.15, 0.2) is 0 Å². The van der Waals surface area contributed by atoms with Gasteiger partial charge in [0, 0.05) is 32.1 Å². The van der Waals surface area contributed by atoms with Gasteiger partial charge in [0.1, 0.15) is 5.56 Å². The highest BCUT2D eigenvalue weighted by Gasteiger charge is 2.22. The van der Waals surface area contributed by atoms with Crippen molar-refractivity contribution >= 4 is 11.8 Å². The Morgan fingerprint density at radius 3 is 2.83 bits per heavy atom. The molecule has 8 heteroatoms. The summed E-state index contributed by atoms with van der Waals surface area (Å²) in [5.74, 6) is 0.195. The van der Waals surface area contributed by atoms with E-state index >= 15 is 0 Å². The monoisotopic (exact) mass is 323 g/mol. The molecular formula is C15H21N3O5. The van der Waals surface area contributed by atoms with E-state index in [2.05, 4.69) is 10.3 Å². The standard InChI is InChI=1S/C15H21N3O5/c1-21-13-4-3-11(14(17-13)22-2)15(20)18-7-5-12(19)16-6-9-23-10-8-18/h3-4H,5-10H2,1-2H3,(H,16,19). The number of methoxy groups -OCH3 is 2. The van der Waals surface area contributed by atoms with E-state index in [9.17, 15) is 9.59 Å². The van der Waals surface area contributed by atoms with E-state index in [1.165, 1.54) is 14.2 Å². The number of amides is 2. The quantitative estimate of drug-likeness (QED) is 0.847. The number of pyridine rings is 1. The molecule has 0 aromatic carbocycles. The Hall–Kier alpha value is -2.35. The van der Waals surface area contributed by atoms with E-state index in [-0.39, 0.29) is 24.1 Å². The summed E-state index contributed by atoms with van der Waals surface area (Å²) in [6, 6.07) is 3.20. The molecule has 23 heavy (non-hydrogen) atoms. The molecule has 1 aliphatic rings. The average molecular weight is 323 g/mol. The van der Waals surface area contributed by atoms with Crippen molar-refractivity contribution in [2.24, 2.45) is 0 Å². The minimum Gasteiger partial charge on any atom is -0.481 e. The van der Waals surface area contributed by atoms with Crippen molar-refractivity contribution < 1.29 is 23.8 Å². The number of carbonyl (C=O) groups is 2. The SMILES string of the molecule is COc1ccc(C(=O)N2CCOCCNC(=O)CC2)c(OC)n1. The minimum absolute atomic E-state index is 0.104. The Morgan fingerprint density at radius 2 is 2.09 bits per heavy atom. The van der Waals surface area contributed by atoms with Gasteiger partial charge in [0.2, 0.25) is 17.7 Å². The van der Waals surface area contributed by atoms with Crippen LogP contribution < -0.4 is 14.8 Å². The second-order valence-electron chi connectivity index (χ2n) is 4.91. The highest BCUT2D eigenvalue weighted by Crippen LogP contribution is 2.21. The van der Waals surface area contributed by atoms with Crippen LogP contribution >= 0.6 is 0 Å². The smallest absolute Gasteiger partial charge is 0.259 e. The summed E-state index contributed by atoms with van der Waals surface area (Å²) in [5, 5.41) is 2.73. The zero-order valence-electron chi connectivity index (χ0n) is 13.3. The normalized spacial score (nSPS) is 16.4. The Bertz CT molecular complexity index is 564. The van der Waals surface area contributed by atoms with Crippen molar-refractivity contribution in [3.05, 3.63) is 17.7 Å². The lowest BCUT2D eigenvalue weighted by atomic mass is 10.2. The van der Waals surface area contributed by atoms with Gasteiger partial charge in [0.25, 0.3) is 5.91 Å². The molecule has 126 valence electrons. The van der Waals surface area contributed by atoms with Gasteiger partial charge >= 0.3 is 0 Å². The van der Waals surface area contributed by atoms with Crippen molar-refractivity contribution in [3.8, 4) is 11.8 Å². The van der Waals surface area contributed by atoms with Crippen LogP contribution in [0.25, 0.3) is 0 Å². The van der Waals surface area contributed by atoms with Crippen LogP contribution in [-0.4, -0.2) is 68.8 Å². The van der Waals surface area contributed by atoms with Crippen molar-refractivity contribution in [3.63, 3.8) is 0 Å². The van der Waals surface area contributed by atoms with Gasteiger partial charge in [0.05, 0.1) is 27.4 Å². The molecule has 2 amide bonds. The van der Waals surface area contributed by atoms with Crippen molar-refractivity contribution in [1.82, 2.24) is 15.2 Å². The predicted octanol–water partition coefficient (Wildman–Crippen LogP) is 0.0775. The first-order chi connectivity index (χ1) is 11.2. The van der Waals surface area contributed by atoms with Crippen LogP contribution in [0.3, 0.4) is 0 Å². The van der Waals surface area contributed by atoms with Crippen LogP contribution in [0.1, 0.15) is 16.8 Å². The second-order valence-corrected chi connectivity index (χ2v) is 4.91. The lowest BCUT2D eigenvalue weighted by Gasteiger charge is -2.24. The zero-order valence-corrected chi connectivity index (χ0v) is 13.3. The van der Waals surface area contributed by atoms with Crippen molar-refractivity contribution in [2.45, 2.75) is 6.42 Å². The molecule has 1 aromatic heterocycles. The van der Waals surface area contributed by atoms with E-state index in [0.29, 0.717) is 44.3 Å². The Balaban J connectivity index is 2.17. The van der Waals surface area contributed by atoms with E-state index in [4.69, 9.17) is 14.2 Å². The second kappa shape index (κ2) is 8.33. The number of nitrogens with zero attached hydrogens (tertiary/aromatic N) is 2. The maximum atomic E-state index is 12.7. The van der Waals surface area contributed by atoms with Crippen molar-refractivity contribution in [1.29, 1.82) is 0 Å². The predicted molar refractivity (Wildman–Crippen MR) is 81.7 cm³/mol. The number of carbonyl (C=O) groups excluding carboxylic acids is 2. The number of hydrogen-bond acceptors (Lipinski definition) is 6. The lowest BCUT2D eigenvalue weighted by molar-refractivity contribution is -0.121. The summed E-state index contributed by atoms with van der Waals surface area (Å²) in [6.45, 7) is 2.04. The molecular weight excluding hydrogens is 302 g/mol. The molecule has 1 fully saturated rings. The molecule has 0 radical (unpaired) electrons. The molecule has 1 aliphatic heterocycles. The molecule has 8 nitrogen and oxygen atoms in total. The van der Waals surface area contributed by atoms with Crippen LogP contribution in [-0.2, 0) is 9.53 Å². The molecule has 0 unspecified atom stereocenters. The number of rotatable bonds is 3. The Kier molecular flexibility index (Phi) is 6.16. The molecule has 0 bridgehead atoms. The highest BCUT2D eigenvalue weighted by atomic mass is 16.5. The highest BCUT2D eigenvalue weighted by molar-refractivity contribution is 5.96. The van der Waals surface area contributed by atoms with Crippen LogP contribution in [0.15, 0.2) is 12.1 Å². The third-order valence-corrected chi connectivity index (χ3v) is 3.44. The molecule has 0 aliphatic carbocycles. The number of nitrogens with one attached hydrogen (secondary N) is 1. The molecule has 2 heterocycles. The Labute approximate surface area is 134 Å². The average Bonchev–Trinajstić information content (AvgIpc) is 2.59. The minimum atomic E-state index is -0.256. The summed E-state index contributed by atoms with van der Waals surface area (Å²) >= 11 is 0.